The molecule has 0 radical (unpaired) electrons. The molecule has 0 fully saturated rings. The first-order valence-electron chi connectivity index (χ1n) is 5.73. The normalized spacial score (nSPS) is 12.9. The zero-order chi connectivity index (χ0) is 13.1. The van der Waals surface area contributed by atoms with Crippen molar-refractivity contribution in [2.24, 2.45) is 0 Å². The van der Waals surface area contributed by atoms with Crippen LogP contribution < -0.4 is 4.90 Å². The number of benzene rings is 1. The number of aromatic carboxylic acids is 1. The topological polar surface area (TPSA) is 57.6 Å². The molecule has 1 aromatic carbocycles. The Morgan fingerprint density at radius 3 is 2.89 bits per heavy atom. The highest BCUT2D eigenvalue weighted by Crippen LogP contribution is 2.29. The van der Waals surface area contributed by atoms with Crippen molar-refractivity contribution < 1.29 is 14.7 Å². The monoisotopic (exact) mass is 243 g/mol. The minimum absolute atomic E-state index is 0.0470. The number of anilines is 1. The summed E-state index contributed by atoms with van der Waals surface area (Å²) in [5, 5.41) is 8.95. The van der Waals surface area contributed by atoms with Gasteiger partial charge < -0.3 is 10.0 Å². The zero-order valence-electron chi connectivity index (χ0n) is 9.85. The van der Waals surface area contributed by atoms with Gasteiger partial charge in [-0.25, -0.2) is 4.79 Å². The SMILES string of the molecule is C#CCCC(=O)N1CCc2ccc(C(=O)O)cc21. The maximum atomic E-state index is 11.9. The van der Waals surface area contributed by atoms with Crippen LogP contribution in [-0.4, -0.2) is 23.5 Å². The van der Waals surface area contributed by atoms with E-state index in [2.05, 4.69) is 5.92 Å². The third kappa shape index (κ3) is 2.21. The van der Waals surface area contributed by atoms with Gasteiger partial charge in [0, 0.05) is 25.1 Å². The van der Waals surface area contributed by atoms with E-state index in [0.29, 0.717) is 25.1 Å². The number of carbonyl (C=O) groups excluding carboxylic acids is 1. The van der Waals surface area contributed by atoms with E-state index in [1.807, 2.05) is 0 Å². The molecule has 92 valence electrons. The molecule has 0 aromatic heterocycles. The molecule has 2 rings (SSSR count). The predicted molar refractivity (Wildman–Crippen MR) is 67.5 cm³/mol. The second-order valence-corrected chi connectivity index (χ2v) is 4.15. The van der Waals surface area contributed by atoms with Gasteiger partial charge in [0.25, 0.3) is 0 Å². The van der Waals surface area contributed by atoms with Crippen molar-refractivity contribution in [1.82, 2.24) is 0 Å². The Hall–Kier alpha value is -2.28. The van der Waals surface area contributed by atoms with Crippen molar-refractivity contribution in [2.45, 2.75) is 19.3 Å². The number of amides is 1. The molecule has 1 aliphatic heterocycles. The van der Waals surface area contributed by atoms with Crippen molar-refractivity contribution in [1.29, 1.82) is 0 Å². The van der Waals surface area contributed by atoms with Gasteiger partial charge in [0.1, 0.15) is 0 Å². The van der Waals surface area contributed by atoms with E-state index in [1.165, 1.54) is 0 Å². The summed E-state index contributed by atoms with van der Waals surface area (Å²) in [6, 6.07) is 4.89. The molecule has 0 aliphatic carbocycles. The molecule has 1 aliphatic rings. The van der Waals surface area contributed by atoms with Crippen LogP contribution in [-0.2, 0) is 11.2 Å². The molecule has 0 atom stereocenters. The van der Waals surface area contributed by atoms with E-state index in [1.54, 1.807) is 23.1 Å². The summed E-state index contributed by atoms with van der Waals surface area (Å²) in [7, 11) is 0. The molecule has 4 heteroatoms. The molecule has 1 N–H and O–H groups in total. The fourth-order valence-corrected chi connectivity index (χ4v) is 2.09. The number of hydrogen-bond acceptors (Lipinski definition) is 2. The van der Waals surface area contributed by atoms with E-state index < -0.39 is 5.97 Å². The number of nitrogens with zero attached hydrogens (tertiary/aromatic N) is 1. The Kier molecular flexibility index (Phi) is 3.33. The Morgan fingerprint density at radius 1 is 1.44 bits per heavy atom. The molecule has 18 heavy (non-hydrogen) atoms. The number of carbonyl (C=O) groups is 2. The van der Waals surface area contributed by atoms with Crippen LogP contribution in [0.15, 0.2) is 18.2 Å². The van der Waals surface area contributed by atoms with Crippen molar-refractivity contribution in [3.8, 4) is 12.3 Å². The minimum Gasteiger partial charge on any atom is -0.478 e. The van der Waals surface area contributed by atoms with Gasteiger partial charge in [-0.2, -0.15) is 0 Å². The molecule has 0 spiro atoms. The summed E-state index contributed by atoms with van der Waals surface area (Å²) < 4.78 is 0. The predicted octanol–water partition coefficient (Wildman–Crippen LogP) is 1.69. The van der Waals surface area contributed by atoms with Gasteiger partial charge in [0.15, 0.2) is 0 Å². The standard InChI is InChI=1S/C14H13NO3/c1-2-3-4-13(16)15-8-7-10-5-6-11(14(17)18)9-12(10)15/h1,5-6,9H,3-4,7-8H2,(H,17,18). The van der Waals surface area contributed by atoms with E-state index in [0.717, 1.165) is 12.0 Å². The molecular weight excluding hydrogens is 230 g/mol. The number of fused-ring (bicyclic) bond motifs is 1. The average Bonchev–Trinajstić information content (AvgIpc) is 2.78. The zero-order valence-corrected chi connectivity index (χ0v) is 9.85. The van der Waals surface area contributed by atoms with Crippen LogP contribution in [0.3, 0.4) is 0 Å². The average molecular weight is 243 g/mol. The molecule has 0 bridgehead atoms. The summed E-state index contributed by atoms with van der Waals surface area (Å²) in [5.74, 6) is 1.40. The lowest BCUT2D eigenvalue weighted by molar-refractivity contribution is -0.118. The molecule has 0 unspecified atom stereocenters. The Balaban J connectivity index is 2.26. The fourth-order valence-electron chi connectivity index (χ4n) is 2.09. The molecule has 0 saturated heterocycles. The molecule has 1 aromatic rings. The second-order valence-electron chi connectivity index (χ2n) is 4.15. The number of carboxylic acids is 1. The third-order valence-electron chi connectivity index (χ3n) is 3.01. The fraction of sp³-hybridized carbons (Fsp3) is 0.286. The van der Waals surface area contributed by atoms with Crippen molar-refractivity contribution in [3.63, 3.8) is 0 Å². The van der Waals surface area contributed by atoms with Gasteiger partial charge in [-0.15, -0.1) is 12.3 Å². The smallest absolute Gasteiger partial charge is 0.335 e. The van der Waals surface area contributed by atoms with Crippen LogP contribution in [0.2, 0.25) is 0 Å². The lowest BCUT2D eigenvalue weighted by atomic mass is 10.1. The number of carboxylic acid groups (broad SMARTS) is 1. The van der Waals surface area contributed by atoms with Crippen LogP contribution >= 0.6 is 0 Å². The first kappa shape index (κ1) is 12.2. The maximum Gasteiger partial charge on any atom is 0.335 e. The Morgan fingerprint density at radius 2 is 2.22 bits per heavy atom. The maximum absolute atomic E-state index is 11.9. The Bertz CT molecular complexity index is 542. The van der Waals surface area contributed by atoms with E-state index >= 15 is 0 Å². The molecule has 1 heterocycles. The number of terminal acetylenes is 1. The Labute approximate surface area is 105 Å². The van der Waals surface area contributed by atoms with Crippen molar-refractivity contribution in [3.05, 3.63) is 29.3 Å². The summed E-state index contributed by atoms with van der Waals surface area (Å²) >= 11 is 0. The van der Waals surface area contributed by atoms with Gasteiger partial charge in [0.05, 0.1) is 5.56 Å². The molecule has 1 amide bonds. The van der Waals surface area contributed by atoms with Gasteiger partial charge >= 0.3 is 5.97 Å². The van der Waals surface area contributed by atoms with Crippen LogP contribution in [0.25, 0.3) is 0 Å². The highest BCUT2D eigenvalue weighted by molar-refractivity contribution is 5.97. The first-order valence-corrected chi connectivity index (χ1v) is 5.73. The van der Waals surface area contributed by atoms with Crippen molar-refractivity contribution >= 4 is 17.6 Å². The largest absolute Gasteiger partial charge is 0.478 e. The van der Waals surface area contributed by atoms with Crippen LogP contribution in [0.5, 0.6) is 0 Å². The highest BCUT2D eigenvalue weighted by Gasteiger charge is 2.25. The van der Waals surface area contributed by atoms with Crippen LogP contribution in [0.4, 0.5) is 5.69 Å². The lowest BCUT2D eigenvalue weighted by Crippen LogP contribution is -2.28. The summed E-state index contributed by atoms with van der Waals surface area (Å²) in [6.07, 6.45) is 6.60. The number of rotatable bonds is 3. The summed E-state index contributed by atoms with van der Waals surface area (Å²) in [5.41, 5.74) is 1.91. The third-order valence-corrected chi connectivity index (χ3v) is 3.01. The van der Waals surface area contributed by atoms with E-state index in [-0.39, 0.29) is 11.5 Å². The lowest BCUT2D eigenvalue weighted by Gasteiger charge is -2.17. The minimum atomic E-state index is -0.985. The van der Waals surface area contributed by atoms with Crippen LogP contribution in [0, 0.1) is 12.3 Å². The summed E-state index contributed by atoms with van der Waals surface area (Å²) in [6.45, 7) is 0.599. The van der Waals surface area contributed by atoms with E-state index in [9.17, 15) is 9.59 Å². The highest BCUT2D eigenvalue weighted by atomic mass is 16.4. The quantitative estimate of drug-likeness (QED) is 0.822. The van der Waals surface area contributed by atoms with Crippen molar-refractivity contribution in [2.75, 3.05) is 11.4 Å². The van der Waals surface area contributed by atoms with Crippen LogP contribution in [0.1, 0.15) is 28.8 Å². The first-order chi connectivity index (χ1) is 8.63. The molecule has 0 saturated carbocycles. The second kappa shape index (κ2) is 4.92. The molecule has 4 nitrogen and oxygen atoms in total. The number of hydrogen-bond donors (Lipinski definition) is 1. The van der Waals surface area contributed by atoms with Gasteiger partial charge in [-0.3, -0.25) is 4.79 Å². The van der Waals surface area contributed by atoms with Gasteiger partial charge in [-0.1, -0.05) is 6.07 Å². The van der Waals surface area contributed by atoms with Gasteiger partial charge in [-0.05, 0) is 24.1 Å². The summed E-state index contributed by atoms with van der Waals surface area (Å²) in [4.78, 5) is 24.5. The molecular formula is C14H13NO3. The van der Waals surface area contributed by atoms with Gasteiger partial charge in [0.2, 0.25) is 5.91 Å². The van der Waals surface area contributed by atoms with E-state index in [4.69, 9.17) is 11.5 Å².